The molecule has 194 valence electrons. The van der Waals surface area contributed by atoms with Crippen molar-refractivity contribution in [2.45, 2.75) is 45.1 Å². The first kappa shape index (κ1) is 25.5. The van der Waals surface area contributed by atoms with Gasteiger partial charge in [-0.05, 0) is 48.2 Å². The van der Waals surface area contributed by atoms with Crippen molar-refractivity contribution in [1.29, 1.82) is 0 Å². The highest BCUT2D eigenvalue weighted by Gasteiger charge is 2.30. The van der Waals surface area contributed by atoms with Crippen LogP contribution in [0, 0.1) is 12.8 Å². The van der Waals surface area contributed by atoms with Gasteiger partial charge < -0.3 is 4.74 Å². The zero-order chi connectivity index (χ0) is 26.6. The number of carbonyl (C=O) groups excluding carboxylic acids is 1. The Bertz CT molecular complexity index is 1750. The zero-order valence-corrected chi connectivity index (χ0v) is 24.3. The van der Waals surface area contributed by atoms with Crippen LogP contribution in [0.3, 0.4) is 0 Å². The molecule has 38 heavy (non-hydrogen) atoms. The van der Waals surface area contributed by atoms with Crippen molar-refractivity contribution in [2.75, 3.05) is 5.75 Å². The van der Waals surface area contributed by atoms with E-state index in [2.05, 4.69) is 40.0 Å². The van der Waals surface area contributed by atoms with Gasteiger partial charge in [0, 0.05) is 21.3 Å². The molecule has 0 spiro atoms. The minimum absolute atomic E-state index is 0.00106. The normalized spacial score (nSPS) is 15.4. The van der Waals surface area contributed by atoms with E-state index in [1.165, 1.54) is 11.8 Å². The number of aryl methyl sites for hydroxylation is 1. The Labute approximate surface area is 236 Å². The quantitative estimate of drug-likeness (QED) is 0.168. The molecule has 5 aromatic rings. The topological polar surface area (TPSA) is 78.5 Å². The van der Waals surface area contributed by atoms with Gasteiger partial charge in [-0.3, -0.25) is 9.59 Å². The van der Waals surface area contributed by atoms with Crippen LogP contribution in [0.4, 0.5) is 0 Å². The van der Waals surface area contributed by atoms with Crippen LogP contribution in [0.5, 0.6) is 0 Å². The van der Waals surface area contributed by atoms with Crippen molar-refractivity contribution in [3.8, 4) is 5.69 Å². The Morgan fingerprint density at radius 1 is 1.21 bits per heavy atom. The van der Waals surface area contributed by atoms with Crippen LogP contribution in [0.15, 0.2) is 63.0 Å². The number of ether oxygens (including phenoxy) is 1. The molecule has 6 rings (SSSR count). The van der Waals surface area contributed by atoms with Crippen LogP contribution < -0.4 is 5.56 Å². The lowest BCUT2D eigenvalue weighted by molar-refractivity contribution is 0.00200. The first-order valence-corrected chi connectivity index (χ1v) is 15.0. The molecule has 0 aliphatic carbocycles. The second-order valence-corrected chi connectivity index (χ2v) is 12.7. The van der Waals surface area contributed by atoms with Crippen LogP contribution in [0.1, 0.15) is 40.2 Å². The van der Waals surface area contributed by atoms with Gasteiger partial charge in [0.1, 0.15) is 4.83 Å². The molecule has 2 aromatic carbocycles. The first-order valence-electron chi connectivity index (χ1n) is 12.4. The van der Waals surface area contributed by atoms with Gasteiger partial charge in [-0.2, -0.15) is 0 Å². The van der Waals surface area contributed by atoms with E-state index in [0.717, 1.165) is 31.0 Å². The van der Waals surface area contributed by atoms with Gasteiger partial charge in [0.2, 0.25) is 5.78 Å². The highest BCUT2D eigenvalue weighted by Crippen LogP contribution is 2.37. The van der Waals surface area contributed by atoms with Crippen molar-refractivity contribution in [3.05, 3.63) is 84.9 Å². The summed E-state index contributed by atoms with van der Waals surface area (Å²) in [5.41, 5.74) is 3.38. The third-order valence-electron chi connectivity index (χ3n) is 6.84. The fraction of sp³-hybridized carbons (Fsp3) is 0.286. The van der Waals surface area contributed by atoms with Gasteiger partial charge in [-0.1, -0.05) is 65.8 Å². The standard InChI is InChI=1S/C28H25BrN4O3S2/c1-15(2)22-12-20-23(13-36-22)38-26-24(20)25(35)32(19-6-4-5-16(3)11-19)27-30-31-28(33(26)27)37-14-21(34)17-7-9-18(29)10-8-17/h4-11,15,22H,12-14H2,1-3H3/t22-/m1/s1. The molecule has 1 aliphatic heterocycles. The summed E-state index contributed by atoms with van der Waals surface area (Å²) < 4.78 is 10.6. The SMILES string of the molecule is Cc1cccc(-n2c(=O)c3c4c(sc3n3c(SCC(=O)c5ccc(Br)cc5)nnc23)CO[C@@H](C(C)C)C4)c1. The second kappa shape index (κ2) is 10.1. The maximum absolute atomic E-state index is 14.1. The number of ketones is 1. The van der Waals surface area contributed by atoms with Crippen molar-refractivity contribution >= 4 is 60.8 Å². The molecule has 0 N–H and O–H groups in total. The fourth-order valence-corrected chi connectivity index (χ4v) is 7.20. The minimum Gasteiger partial charge on any atom is -0.372 e. The predicted molar refractivity (Wildman–Crippen MR) is 155 cm³/mol. The zero-order valence-electron chi connectivity index (χ0n) is 21.1. The summed E-state index contributed by atoms with van der Waals surface area (Å²) >= 11 is 6.30. The average molecular weight is 610 g/mol. The summed E-state index contributed by atoms with van der Waals surface area (Å²) in [6, 6.07) is 15.2. The second-order valence-electron chi connectivity index (χ2n) is 9.80. The lowest BCUT2D eigenvalue weighted by Crippen LogP contribution is -2.28. The van der Waals surface area contributed by atoms with Gasteiger partial charge in [0.05, 0.1) is 29.5 Å². The third-order valence-corrected chi connectivity index (χ3v) is 9.49. The van der Waals surface area contributed by atoms with E-state index < -0.39 is 0 Å². The number of carbonyl (C=O) groups is 1. The van der Waals surface area contributed by atoms with Gasteiger partial charge in [-0.25, -0.2) is 8.97 Å². The molecule has 10 heteroatoms. The van der Waals surface area contributed by atoms with Crippen LogP contribution in [-0.4, -0.2) is 36.8 Å². The molecular weight excluding hydrogens is 584 g/mol. The fourth-order valence-electron chi connectivity index (χ4n) is 4.81. The van der Waals surface area contributed by atoms with E-state index in [4.69, 9.17) is 4.74 Å². The molecule has 0 unspecified atom stereocenters. The Kier molecular flexibility index (Phi) is 6.75. The molecule has 0 saturated heterocycles. The Morgan fingerprint density at radius 2 is 2.00 bits per heavy atom. The number of nitrogens with zero attached hydrogens (tertiary/aromatic N) is 4. The van der Waals surface area contributed by atoms with Crippen LogP contribution >= 0.6 is 39.0 Å². The Morgan fingerprint density at radius 3 is 2.74 bits per heavy atom. The number of thioether (sulfide) groups is 1. The number of benzene rings is 2. The monoisotopic (exact) mass is 608 g/mol. The van der Waals surface area contributed by atoms with E-state index >= 15 is 0 Å². The average Bonchev–Trinajstić information content (AvgIpc) is 3.49. The third kappa shape index (κ3) is 4.43. The number of Topliss-reactive ketones (excluding diaryl/α,β-unsaturated/α-hetero) is 1. The summed E-state index contributed by atoms with van der Waals surface area (Å²) in [5, 5.41) is 10.2. The maximum Gasteiger partial charge on any atom is 0.268 e. The predicted octanol–water partition coefficient (Wildman–Crippen LogP) is 6.24. The molecule has 1 atom stereocenters. The Balaban J connectivity index is 1.52. The van der Waals surface area contributed by atoms with Gasteiger partial charge >= 0.3 is 0 Å². The largest absolute Gasteiger partial charge is 0.372 e. The van der Waals surface area contributed by atoms with Gasteiger partial charge in [0.15, 0.2) is 10.9 Å². The van der Waals surface area contributed by atoms with E-state index in [1.807, 2.05) is 47.7 Å². The molecule has 0 radical (unpaired) electrons. The number of hydrogen-bond acceptors (Lipinski definition) is 7. The van der Waals surface area contributed by atoms with Gasteiger partial charge in [0.25, 0.3) is 5.56 Å². The van der Waals surface area contributed by atoms with Crippen LogP contribution in [-0.2, 0) is 17.8 Å². The van der Waals surface area contributed by atoms with Crippen LogP contribution in [0.2, 0.25) is 0 Å². The van der Waals surface area contributed by atoms with Crippen molar-refractivity contribution in [1.82, 2.24) is 19.2 Å². The number of thiophene rings is 1. The van der Waals surface area contributed by atoms with E-state index in [1.54, 1.807) is 28.0 Å². The summed E-state index contributed by atoms with van der Waals surface area (Å²) in [7, 11) is 0. The molecule has 0 fully saturated rings. The summed E-state index contributed by atoms with van der Waals surface area (Å²) in [6.07, 6.45) is 0.745. The van der Waals surface area contributed by atoms with Crippen LogP contribution in [0.25, 0.3) is 21.7 Å². The molecule has 0 bridgehead atoms. The minimum atomic E-state index is -0.102. The Hall–Kier alpha value is -2.79. The van der Waals surface area contributed by atoms with Crippen molar-refractivity contribution < 1.29 is 9.53 Å². The number of rotatable bonds is 6. The molecule has 4 heterocycles. The van der Waals surface area contributed by atoms with E-state index in [9.17, 15) is 9.59 Å². The summed E-state index contributed by atoms with van der Waals surface area (Å²) in [5.74, 6) is 0.983. The maximum atomic E-state index is 14.1. The highest BCUT2D eigenvalue weighted by atomic mass is 79.9. The number of aromatic nitrogens is 4. The molecule has 7 nitrogen and oxygen atoms in total. The number of hydrogen-bond donors (Lipinski definition) is 0. The number of fused-ring (bicyclic) bond motifs is 5. The first-order chi connectivity index (χ1) is 18.3. The molecule has 0 saturated carbocycles. The summed E-state index contributed by atoms with van der Waals surface area (Å²) in [6.45, 7) is 6.77. The molecule has 1 aliphatic rings. The number of halogens is 1. The van der Waals surface area contributed by atoms with E-state index in [-0.39, 0.29) is 23.2 Å². The summed E-state index contributed by atoms with van der Waals surface area (Å²) in [4.78, 5) is 28.9. The van der Waals surface area contributed by atoms with Crippen molar-refractivity contribution in [2.24, 2.45) is 5.92 Å². The van der Waals surface area contributed by atoms with E-state index in [0.29, 0.717) is 40.8 Å². The lowest BCUT2D eigenvalue weighted by atomic mass is 9.96. The van der Waals surface area contributed by atoms with Gasteiger partial charge in [-0.15, -0.1) is 21.5 Å². The smallest absolute Gasteiger partial charge is 0.268 e. The molecular formula is C28H25BrN4O3S2. The lowest BCUT2D eigenvalue weighted by Gasteiger charge is -2.26. The highest BCUT2D eigenvalue weighted by molar-refractivity contribution is 9.10. The molecule has 0 amide bonds. The van der Waals surface area contributed by atoms with Crippen molar-refractivity contribution in [3.63, 3.8) is 0 Å². The molecule has 3 aromatic heterocycles.